The van der Waals surface area contributed by atoms with Crippen molar-refractivity contribution in [1.82, 2.24) is 24.5 Å². The Morgan fingerprint density at radius 3 is 2.56 bits per heavy atom. The first-order chi connectivity index (χ1) is 15.7. The van der Waals surface area contributed by atoms with Gasteiger partial charge in [0, 0.05) is 24.0 Å². The van der Waals surface area contributed by atoms with Gasteiger partial charge in [0.2, 0.25) is 5.88 Å². The number of hydrogen-bond donors (Lipinski definition) is 1. The molecule has 4 heterocycles. The van der Waals surface area contributed by atoms with Crippen molar-refractivity contribution in [2.45, 2.75) is 6.54 Å². The van der Waals surface area contributed by atoms with Crippen LogP contribution in [-0.2, 0) is 6.54 Å². The summed E-state index contributed by atoms with van der Waals surface area (Å²) in [6, 6.07) is 19.0. The van der Waals surface area contributed by atoms with E-state index in [2.05, 4.69) is 24.8 Å². The highest BCUT2D eigenvalue weighted by molar-refractivity contribution is 5.77. The topological polar surface area (TPSA) is 88.9 Å². The summed E-state index contributed by atoms with van der Waals surface area (Å²) in [4.78, 5) is 31.0. The number of ether oxygens (including phenoxy) is 1. The van der Waals surface area contributed by atoms with Gasteiger partial charge in [-0.1, -0.05) is 18.2 Å². The van der Waals surface area contributed by atoms with Crippen molar-refractivity contribution in [3.63, 3.8) is 0 Å². The van der Waals surface area contributed by atoms with Gasteiger partial charge in [-0.15, -0.1) is 0 Å². The van der Waals surface area contributed by atoms with Gasteiger partial charge >= 0.3 is 5.69 Å². The predicted octanol–water partition coefficient (Wildman–Crippen LogP) is 3.85. The zero-order valence-electron chi connectivity index (χ0n) is 17.3. The van der Waals surface area contributed by atoms with Crippen LogP contribution in [0.1, 0.15) is 5.56 Å². The highest BCUT2D eigenvalue weighted by Gasteiger charge is 2.17. The van der Waals surface area contributed by atoms with E-state index in [-0.39, 0.29) is 5.69 Å². The minimum Gasteiger partial charge on any atom is -0.481 e. The average molecular weight is 424 g/mol. The smallest absolute Gasteiger partial charge is 0.332 e. The summed E-state index contributed by atoms with van der Waals surface area (Å²) in [5.74, 6) is 1.11. The number of H-pyrrole nitrogens is 1. The molecule has 0 fully saturated rings. The van der Waals surface area contributed by atoms with E-state index >= 15 is 0 Å². The molecule has 0 aliphatic carbocycles. The summed E-state index contributed by atoms with van der Waals surface area (Å²) in [5.41, 5.74) is 3.93. The normalized spacial score (nSPS) is 10.9. The molecule has 0 amide bonds. The largest absolute Gasteiger partial charge is 0.481 e. The first-order valence-corrected chi connectivity index (χ1v) is 10.1. The third kappa shape index (κ3) is 3.58. The standard InChI is InChI=1S/C24H20N6O2/c1-32-22-11-10-19(15-27-22)29(18-7-5-12-25-14-18)16-17-6-4-13-26-23(17)30-21-9-3-2-8-20(21)28-24(30)31/h2-15H,16H2,1H3,(H,28,31). The molecule has 0 unspecified atom stereocenters. The molecule has 5 aromatic rings. The number of methoxy groups -OCH3 is 1. The molecule has 0 saturated carbocycles. The van der Waals surface area contributed by atoms with Gasteiger partial charge < -0.3 is 14.6 Å². The number of hydrogen-bond acceptors (Lipinski definition) is 6. The van der Waals surface area contributed by atoms with Crippen molar-refractivity contribution in [2.24, 2.45) is 0 Å². The van der Waals surface area contributed by atoms with Crippen LogP contribution in [0.4, 0.5) is 11.4 Å². The number of fused-ring (bicyclic) bond motifs is 1. The van der Waals surface area contributed by atoms with Crippen LogP contribution in [0.15, 0.2) is 90.2 Å². The lowest BCUT2D eigenvalue weighted by atomic mass is 10.2. The number of para-hydroxylation sites is 2. The lowest BCUT2D eigenvalue weighted by Crippen LogP contribution is -2.22. The molecule has 0 bridgehead atoms. The third-order valence-corrected chi connectivity index (χ3v) is 5.20. The van der Waals surface area contributed by atoms with Gasteiger partial charge in [0.1, 0.15) is 5.82 Å². The van der Waals surface area contributed by atoms with Gasteiger partial charge in [-0.2, -0.15) is 0 Å². The fourth-order valence-electron chi connectivity index (χ4n) is 3.69. The molecule has 158 valence electrons. The van der Waals surface area contributed by atoms with E-state index in [1.807, 2.05) is 60.7 Å². The molecule has 0 atom stereocenters. The molecule has 0 spiro atoms. The van der Waals surface area contributed by atoms with E-state index < -0.39 is 0 Å². The molecular formula is C24H20N6O2. The predicted molar refractivity (Wildman–Crippen MR) is 123 cm³/mol. The summed E-state index contributed by atoms with van der Waals surface area (Å²) < 4.78 is 6.81. The molecule has 5 rings (SSSR count). The van der Waals surface area contributed by atoms with E-state index in [4.69, 9.17) is 4.74 Å². The summed E-state index contributed by atoms with van der Waals surface area (Å²) in [6.07, 6.45) is 6.96. The van der Waals surface area contributed by atoms with Gasteiger partial charge in [0.15, 0.2) is 0 Å². The highest BCUT2D eigenvalue weighted by Crippen LogP contribution is 2.29. The molecular weight excluding hydrogens is 404 g/mol. The van der Waals surface area contributed by atoms with Crippen LogP contribution in [0, 0.1) is 0 Å². The highest BCUT2D eigenvalue weighted by atomic mass is 16.5. The van der Waals surface area contributed by atoms with Gasteiger partial charge in [0.05, 0.1) is 48.5 Å². The van der Waals surface area contributed by atoms with Crippen LogP contribution >= 0.6 is 0 Å². The SMILES string of the molecule is COc1ccc(N(Cc2cccnc2-n2c(=O)[nH]c3ccccc32)c2cccnc2)cn1. The summed E-state index contributed by atoms with van der Waals surface area (Å²) in [6.45, 7) is 0.453. The van der Waals surface area contributed by atoms with E-state index in [9.17, 15) is 4.79 Å². The second kappa shape index (κ2) is 8.35. The second-order valence-corrected chi connectivity index (χ2v) is 7.12. The Morgan fingerprint density at radius 1 is 0.938 bits per heavy atom. The number of rotatable bonds is 6. The maximum absolute atomic E-state index is 12.8. The Bertz CT molecular complexity index is 1410. The van der Waals surface area contributed by atoms with Crippen molar-refractivity contribution in [2.75, 3.05) is 12.0 Å². The lowest BCUT2D eigenvalue weighted by molar-refractivity contribution is 0.398. The summed E-state index contributed by atoms with van der Waals surface area (Å²) >= 11 is 0. The first kappa shape index (κ1) is 19.5. The fraction of sp³-hybridized carbons (Fsp3) is 0.0833. The van der Waals surface area contributed by atoms with E-state index in [0.29, 0.717) is 18.2 Å². The minimum atomic E-state index is -0.231. The van der Waals surface area contributed by atoms with Crippen LogP contribution in [0.5, 0.6) is 5.88 Å². The quantitative estimate of drug-likeness (QED) is 0.445. The molecule has 0 aliphatic heterocycles. The summed E-state index contributed by atoms with van der Waals surface area (Å²) in [7, 11) is 1.59. The Hall–Kier alpha value is -4.46. The Labute approximate surface area is 183 Å². The average Bonchev–Trinajstić information content (AvgIpc) is 3.19. The minimum absolute atomic E-state index is 0.231. The zero-order valence-corrected chi connectivity index (χ0v) is 17.3. The van der Waals surface area contributed by atoms with Crippen LogP contribution in [-0.4, -0.2) is 31.6 Å². The molecule has 0 radical (unpaired) electrons. The van der Waals surface area contributed by atoms with Crippen LogP contribution in [0.2, 0.25) is 0 Å². The van der Waals surface area contributed by atoms with Gasteiger partial charge in [-0.05, 0) is 36.4 Å². The molecule has 0 aliphatic rings. The van der Waals surface area contributed by atoms with E-state index in [1.54, 1.807) is 36.5 Å². The first-order valence-electron chi connectivity index (χ1n) is 10.1. The monoisotopic (exact) mass is 424 g/mol. The molecule has 0 saturated heterocycles. The number of aromatic amines is 1. The lowest BCUT2D eigenvalue weighted by Gasteiger charge is -2.25. The second-order valence-electron chi connectivity index (χ2n) is 7.12. The number of aromatic nitrogens is 5. The summed E-state index contributed by atoms with van der Waals surface area (Å²) in [5, 5.41) is 0. The van der Waals surface area contributed by atoms with E-state index in [0.717, 1.165) is 28.0 Å². The molecule has 1 N–H and O–H groups in total. The van der Waals surface area contributed by atoms with Crippen LogP contribution in [0.25, 0.3) is 16.9 Å². The van der Waals surface area contributed by atoms with Crippen molar-refractivity contribution >= 4 is 22.4 Å². The fourth-order valence-corrected chi connectivity index (χ4v) is 3.69. The molecule has 1 aromatic carbocycles. The molecule has 32 heavy (non-hydrogen) atoms. The van der Waals surface area contributed by atoms with Crippen molar-refractivity contribution < 1.29 is 4.74 Å². The Balaban J connectivity index is 1.62. The number of benzene rings is 1. The maximum atomic E-state index is 12.8. The van der Waals surface area contributed by atoms with E-state index in [1.165, 1.54) is 0 Å². The van der Waals surface area contributed by atoms with Crippen molar-refractivity contribution in [3.05, 3.63) is 101 Å². The van der Waals surface area contributed by atoms with Crippen LogP contribution < -0.4 is 15.3 Å². The molecule has 8 heteroatoms. The van der Waals surface area contributed by atoms with Crippen molar-refractivity contribution in [3.8, 4) is 11.7 Å². The van der Waals surface area contributed by atoms with Gasteiger partial charge in [0.25, 0.3) is 0 Å². The zero-order chi connectivity index (χ0) is 21.9. The Kier molecular flexibility index (Phi) is 5.09. The number of pyridine rings is 3. The van der Waals surface area contributed by atoms with Crippen LogP contribution in [0.3, 0.4) is 0 Å². The molecule has 8 nitrogen and oxygen atoms in total. The number of nitrogens with one attached hydrogen (secondary N) is 1. The molecule has 4 aromatic heterocycles. The van der Waals surface area contributed by atoms with Gasteiger partial charge in [-0.3, -0.25) is 4.98 Å². The number of imidazole rings is 1. The third-order valence-electron chi connectivity index (χ3n) is 5.20. The van der Waals surface area contributed by atoms with Crippen molar-refractivity contribution in [1.29, 1.82) is 0 Å². The number of nitrogens with zero attached hydrogens (tertiary/aromatic N) is 5. The van der Waals surface area contributed by atoms with Gasteiger partial charge in [-0.25, -0.2) is 19.3 Å². The number of anilines is 2. The maximum Gasteiger partial charge on any atom is 0.332 e. The Morgan fingerprint density at radius 2 is 1.78 bits per heavy atom.